The first-order valence-electron chi connectivity index (χ1n) is 9.10. The highest BCUT2D eigenvalue weighted by atomic mass is 16.5. The van der Waals surface area contributed by atoms with Gasteiger partial charge < -0.3 is 14.1 Å². The molecule has 4 rings (SSSR count). The Morgan fingerprint density at radius 3 is 2.96 bits per heavy atom. The Morgan fingerprint density at radius 2 is 2.08 bits per heavy atom. The van der Waals surface area contributed by atoms with Crippen molar-refractivity contribution in [2.24, 2.45) is 0 Å². The summed E-state index contributed by atoms with van der Waals surface area (Å²) in [5, 5.41) is 8.18. The number of hydrogen-bond donors (Lipinski definition) is 0. The Balaban J connectivity index is 1.29. The van der Waals surface area contributed by atoms with Crippen LogP contribution in [0.3, 0.4) is 0 Å². The van der Waals surface area contributed by atoms with Gasteiger partial charge in [0.25, 0.3) is 0 Å². The minimum Gasteiger partial charge on any atom is -0.421 e. The molecule has 0 spiro atoms. The van der Waals surface area contributed by atoms with Crippen molar-refractivity contribution in [2.75, 3.05) is 13.2 Å². The number of carbonyl (C=O) groups excluding carboxylic acids is 1. The Morgan fingerprint density at radius 1 is 1.20 bits per heavy atom. The number of aromatic nitrogens is 2. The molecule has 1 aliphatic heterocycles. The summed E-state index contributed by atoms with van der Waals surface area (Å²) in [4.78, 5) is 14.6. The van der Waals surface area contributed by atoms with E-state index < -0.39 is 0 Å². The number of benzene rings is 1. The highest BCUT2D eigenvalue weighted by molar-refractivity contribution is 5.76. The van der Waals surface area contributed by atoms with Crippen LogP contribution in [0.2, 0.25) is 0 Å². The molecule has 1 amide bonds. The topological polar surface area (TPSA) is 68.5 Å². The summed E-state index contributed by atoms with van der Waals surface area (Å²) < 4.78 is 11.5. The second-order valence-electron chi connectivity index (χ2n) is 6.72. The molecule has 1 aromatic carbocycles. The average Bonchev–Trinajstić information content (AvgIpc) is 3.31. The number of rotatable bonds is 5. The highest BCUT2D eigenvalue weighted by Crippen LogP contribution is 2.30. The zero-order valence-corrected chi connectivity index (χ0v) is 14.3. The van der Waals surface area contributed by atoms with Crippen LogP contribution in [0.25, 0.3) is 11.5 Å². The van der Waals surface area contributed by atoms with Crippen LogP contribution < -0.4 is 0 Å². The van der Waals surface area contributed by atoms with Gasteiger partial charge in [0, 0.05) is 24.9 Å². The third-order valence-electron chi connectivity index (χ3n) is 5.07. The molecule has 6 nitrogen and oxygen atoms in total. The van der Waals surface area contributed by atoms with Crippen LogP contribution in [0.1, 0.15) is 38.0 Å². The van der Waals surface area contributed by atoms with E-state index in [-0.39, 0.29) is 18.1 Å². The second-order valence-corrected chi connectivity index (χ2v) is 6.72. The highest BCUT2D eigenvalue weighted by Gasteiger charge is 2.37. The molecule has 1 aromatic heterocycles. The number of nitrogens with zero attached hydrogens (tertiary/aromatic N) is 3. The van der Waals surface area contributed by atoms with Crippen molar-refractivity contribution in [3.05, 3.63) is 36.2 Å². The summed E-state index contributed by atoms with van der Waals surface area (Å²) in [6, 6.07) is 10.0. The standard InChI is InChI=1S/C19H23N3O3/c23-18(22-12-13-24-16-9-4-8-15(16)22)11-5-10-17-20-21-19(25-17)14-6-2-1-3-7-14/h1-3,6-7,15-16H,4-5,8-13H2/t15-,16+/m0/s1. The summed E-state index contributed by atoms with van der Waals surface area (Å²) in [5.41, 5.74) is 0.915. The molecular formula is C19H23N3O3. The fourth-order valence-electron chi connectivity index (χ4n) is 3.82. The zero-order chi connectivity index (χ0) is 17.1. The smallest absolute Gasteiger partial charge is 0.247 e. The molecule has 2 atom stereocenters. The Bertz CT molecular complexity index is 716. The van der Waals surface area contributed by atoms with Crippen molar-refractivity contribution >= 4 is 5.91 Å². The van der Waals surface area contributed by atoms with Gasteiger partial charge in [0.1, 0.15) is 0 Å². The van der Waals surface area contributed by atoms with Gasteiger partial charge in [-0.3, -0.25) is 4.79 Å². The molecular weight excluding hydrogens is 318 g/mol. The van der Waals surface area contributed by atoms with Crippen molar-refractivity contribution in [3.8, 4) is 11.5 Å². The summed E-state index contributed by atoms with van der Waals surface area (Å²) in [5.74, 6) is 1.35. The molecule has 0 radical (unpaired) electrons. The van der Waals surface area contributed by atoms with Gasteiger partial charge in [-0.25, -0.2) is 0 Å². The van der Waals surface area contributed by atoms with Gasteiger partial charge in [0.2, 0.25) is 17.7 Å². The van der Waals surface area contributed by atoms with E-state index in [1.54, 1.807) is 0 Å². The van der Waals surface area contributed by atoms with E-state index in [9.17, 15) is 4.79 Å². The van der Waals surface area contributed by atoms with Crippen molar-refractivity contribution in [3.63, 3.8) is 0 Å². The predicted octanol–water partition coefficient (Wildman–Crippen LogP) is 2.84. The van der Waals surface area contributed by atoms with E-state index in [0.29, 0.717) is 31.2 Å². The normalized spacial score (nSPS) is 22.8. The Kier molecular flexibility index (Phi) is 4.78. The van der Waals surface area contributed by atoms with Gasteiger partial charge in [0.15, 0.2) is 0 Å². The number of aryl methyl sites for hydroxylation is 1. The van der Waals surface area contributed by atoms with E-state index in [2.05, 4.69) is 10.2 Å². The number of fused-ring (bicyclic) bond motifs is 1. The van der Waals surface area contributed by atoms with Crippen molar-refractivity contribution < 1.29 is 13.9 Å². The molecule has 2 heterocycles. The fourth-order valence-corrected chi connectivity index (χ4v) is 3.82. The van der Waals surface area contributed by atoms with Crippen LogP contribution in [-0.4, -0.2) is 46.3 Å². The molecule has 0 bridgehead atoms. The summed E-state index contributed by atoms with van der Waals surface area (Å²) >= 11 is 0. The van der Waals surface area contributed by atoms with Crippen LogP contribution in [0, 0.1) is 0 Å². The lowest BCUT2D eigenvalue weighted by atomic mass is 10.1. The van der Waals surface area contributed by atoms with E-state index in [1.807, 2.05) is 35.2 Å². The monoisotopic (exact) mass is 341 g/mol. The minimum atomic E-state index is 0.225. The lowest BCUT2D eigenvalue weighted by Gasteiger charge is -2.37. The van der Waals surface area contributed by atoms with Crippen LogP contribution >= 0.6 is 0 Å². The number of amides is 1. The first kappa shape index (κ1) is 16.3. The maximum Gasteiger partial charge on any atom is 0.247 e. The molecule has 2 aliphatic rings. The molecule has 132 valence electrons. The van der Waals surface area contributed by atoms with Crippen molar-refractivity contribution in [1.29, 1.82) is 0 Å². The number of ether oxygens (including phenoxy) is 1. The van der Waals surface area contributed by atoms with Gasteiger partial charge in [0.05, 0.1) is 18.8 Å². The molecule has 1 saturated heterocycles. The summed E-state index contributed by atoms with van der Waals surface area (Å²) in [6.07, 6.45) is 5.44. The largest absolute Gasteiger partial charge is 0.421 e. The third kappa shape index (κ3) is 3.58. The van der Waals surface area contributed by atoms with Crippen LogP contribution in [0.5, 0.6) is 0 Å². The van der Waals surface area contributed by atoms with E-state index in [0.717, 1.165) is 37.8 Å². The zero-order valence-electron chi connectivity index (χ0n) is 14.3. The van der Waals surface area contributed by atoms with Gasteiger partial charge in [-0.15, -0.1) is 10.2 Å². The van der Waals surface area contributed by atoms with Crippen molar-refractivity contribution in [2.45, 2.75) is 50.7 Å². The summed E-state index contributed by atoms with van der Waals surface area (Å²) in [7, 11) is 0. The summed E-state index contributed by atoms with van der Waals surface area (Å²) in [6.45, 7) is 1.38. The first-order chi connectivity index (χ1) is 12.3. The van der Waals surface area contributed by atoms with Gasteiger partial charge >= 0.3 is 0 Å². The van der Waals surface area contributed by atoms with Crippen LogP contribution in [0.4, 0.5) is 0 Å². The van der Waals surface area contributed by atoms with E-state index >= 15 is 0 Å². The Labute approximate surface area is 147 Å². The predicted molar refractivity (Wildman–Crippen MR) is 91.8 cm³/mol. The molecule has 0 N–H and O–H groups in total. The molecule has 25 heavy (non-hydrogen) atoms. The van der Waals surface area contributed by atoms with Crippen LogP contribution in [0.15, 0.2) is 34.7 Å². The SMILES string of the molecule is O=C(CCCc1nnc(-c2ccccc2)o1)N1CCO[C@@H]2CCC[C@@H]21. The molecule has 2 fully saturated rings. The van der Waals surface area contributed by atoms with Crippen LogP contribution in [-0.2, 0) is 16.0 Å². The maximum absolute atomic E-state index is 12.6. The van der Waals surface area contributed by atoms with E-state index in [1.165, 1.54) is 0 Å². The average molecular weight is 341 g/mol. The quantitative estimate of drug-likeness (QED) is 0.836. The molecule has 1 aliphatic carbocycles. The van der Waals surface area contributed by atoms with Gasteiger partial charge in [-0.05, 0) is 37.8 Å². The number of carbonyl (C=O) groups is 1. The maximum atomic E-state index is 12.6. The van der Waals surface area contributed by atoms with E-state index in [4.69, 9.17) is 9.15 Å². The minimum absolute atomic E-state index is 0.225. The lowest BCUT2D eigenvalue weighted by Crippen LogP contribution is -2.51. The molecule has 6 heteroatoms. The Hall–Kier alpha value is -2.21. The van der Waals surface area contributed by atoms with Gasteiger partial charge in [-0.2, -0.15) is 0 Å². The van der Waals surface area contributed by atoms with Crippen molar-refractivity contribution in [1.82, 2.24) is 15.1 Å². The first-order valence-corrected chi connectivity index (χ1v) is 9.10. The van der Waals surface area contributed by atoms with Gasteiger partial charge in [-0.1, -0.05) is 18.2 Å². The molecule has 2 aromatic rings. The molecule has 0 unspecified atom stereocenters. The molecule has 1 saturated carbocycles. The number of morpholine rings is 1. The third-order valence-corrected chi connectivity index (χ3v) is 5.07. The number of hydrogen-bond acceptors (Lipinski definition) is 5. The lowest BCUT2D eigenvalue weighted by molar-refractivity contribution is -0.144. The second kappa shape index (κ2) is 7.35. The fraction of sp³-hybridized carbons (Fsp3) is 0.526.